The fourth-order valence-corrected chi connectivity index (χ4v) is 4.47. The van der Waals surface area contributed by atoms with Gasteiger partial charge in [0.05, 0.1) is 5.69 Å². The third-order valence-corrected chi connectivity index (χ3v) is 5.88. The highest BCUT2D eigenvalue weighted by Gasteiger charge is 2.14. The summed E-state index contributed by atoms with van der Waals surface area (Å²) in [6.07, 6.45) is 1.84. The van der Waals surface area contributed by atoms with E-state index in [2.05, 4.69) is 72.6 Å². The molecule has 0 spiro atoms. The number of nitrogens with zero attached hydrogens (tertiary/aromatic N) is 1. The zero-order valence-electron chi connectivity index (χ0n) is 16.6. The number of pyridine rings is 1. The van der Waals surface area contributed by atoms with E-state index in [4.69, 9.17) is 4.42 Å². The quantitative estimate of drug-likeness (QED) is 0.304. The molecule has 0 radical (unpaired) electrons. The van der Waals surface area contributed by atoms with Crippen LogP contribution in [0.5, 0.6) is 0 Å². The van der Waals surface area contributed by atoms with Crippen molar-refractivity contribution in [2.45, 2.75) is 6.92 Å². The largest absolute Gasteiger partial charge is 0.456 e. The molecule has 0 aliphatic heterocycles. The molecule has 6 aromatic rings. The van der Waals surface area contributed by atoms with Gasteiger partial charge < -0.3 is 4.42 Å². The summed E-state index contributed by atoms with van der Waals surface area (Å²) >= 11 is 0. The predicted molar refractivity (Wildman–Crippen MR) is 125 cm³/mol. The Morgan fingerprint density at radius 3 is 2.37 bits per heavy atom. The molecule has 142 valence electrons. The van der Waals surface area contributed by atoms with E-state index in [1.165, 1.54) is 32.8 Å². The highest BCUT2D eigenvalue weighted by molar-refractivity contribution is 6.20. The molecule has 6 rings (SSSR count). The lowest BCUT2D eigenvalue weighted by Crippen LogP contribution is -1.89. The summed E-state index contributed by atoms with van der Waals surface area (Å²) in [6, 6.07) is 31.7. The summed E-state index contributed by atoms with van der Waals surface area (Å²) in [4.78, 5) is 4.49. The van der Waals surface area contributed by atoms with Gasteiger partial charge in [0.1, 0.15) is 11.2 Å². The minimum absolute atomic E-state index is 0.932. The standard InChI is InChI=1S/C28H19NO/c1-18-17-19(25-10-4-5-16-29-25)12-13-20(18)21-8-6-9-23-22(21)14-15-27-28(23)24-7-2-3-11-26(24)30-27/h2-17H,1H3. The Morgan fingerprint density at radius 2 is 1.50 bits per heavy atom. The highest BCUT2D eigenvalue weighted by atomic mass is 16.3. The minimum atomic E-state index is 0.932. The first-order valence-electron chi connectivity index (χ1n) is 10.1. The van der Waals surface area contributed by atoms with E-state index >= 15 is 0 Å². The van der Waals surface area contributed by atoms with Crippen LogP contribution in [0.1, 0.15) is 5.56 Å². The number of fused-ring (bicyclic) bond motifs is 5. The van der Waals surface area contributed by atoms with Gasteiger partial charge in [-0.2, -0.15) is 0 Å². The number of rotatable bonds is 2. The first kappa shape index (κ1) is 17.0. The highest BCUT2D eigenvalue weighted by Crippen LogP contribution is 2.39. The zero-order valence-corrected chi connectivity index (χ0v) is 16.6. The van der Waals surface area contributed by atoms with Crippen molar-refractivity contribution in [1.29, 1.82) is 0 Å². The maximum atomic E-state index is 6.09. The molecule has 0 amide bonds. The monoisotopic (exact) mass is 385 g/mol. The van der Waals surface area contributed by atoms with Crippen molar-refractivity contribution in [2.24, 2.45) is 0 Å². The Bertz CT molecular complexity index is 1540. The number of hydrogen-bond donors (Lipinski definition) is 0. The Kier molecular flexibility index (Phi) is 3.72. The van der Waals surface area contributed by atoms with Crippen molar-refractivity contribution in [1.82, 2.24) is 4.98 Å². The second-order valence-electron chi connectivity index (χ2n) is 7.68. The van der Waals surface area contributed by atoms with E-state index in [9.17, 15) is 0 Å². The Morgan fingerprint density at radius 1 is 0.633 bits per heavy atom. The van der Waals surface area contributed by atoms with Crippen LogP contribution in [0.3, 0.4) is 0 Å². The lowest BCUT2D eigenvalue weighted by molar-refractivity contribution is 0.669. The van der Waals surface area contributed by atoms with Crippen LogP contribution in [0, 0.1) is 6.92 Å². The first-order chi connectivity index (χ1) is 14.8. The SMILES string of the molecule is Cc1cc(-c2ccccn2)ccc1-c1cccc2c1ccc1oc3ccccc3c12. The average molecular weight is 385 g/mol. The normalized spacial score (nSPS) is 11.5. The molecule has 0 saturated carbocycles. The van der Waals surface area contributed by atoms with Crippen molar-refractivity contribution in [3.05, 3.63) is 103 Å². The topological polar surface area (TPSA) is 26.0 Å². The van der Waals surface area contributed by atoms with E-state index in [0.29, 0.717) is 0 Å². The van der Waals surface area contributed by atoms with Gasteiger partial charge in [0.25, 0.3) is 0 Å². The lowest BCUT2D eigenvalue weighted by atomic mass is 9.92. The van der Waals surface area contributed by atoms with Gasteiger partial charge in [-0.25, -0.2) is 0 Å². The van der Waals surface area contributed by atoms with Crippen molar-refractivity contribution in [2.75, 3.05) is 0 Å². The molecule has 30 heavy (non-hydrogen) atoms. The number of aromatic nitrogens is 1. The van der Waals surface area contributed by atoms with Gasteiger partial charge in [0.2, 0.25) is 0 Å². The molecule has 2 aromatic heterocycles. The van der Waals surface area contributed by atoms with Crippen molar-refractivity contribution >= 4 is 32.7 Å². The number of furan rings is 1. The molecule has 0 unspecified atom stereocenters. The van der Waals surface area contributed by atoms with Crippen LogP contribution in [-0.4, -0.2) is 4.98 Å². The molecule has 0 atom stereocenters. The van der Waals surface area contributed by atoms with Gasteiger partial charge in [0.15, 0.2) is 0 Å². The van der Waals surface area contributed by atoms with Crippen molar-refractivity contribution in [3.63, 3.8) is 0 Å². The van der Waals surface area contributed by atoms with E-state index in [0.717, 1.165) is 27.8 Å². The molecule has 0 fully saturated rings. The van der Waals surface area contributed by atoms with Crippen LogP contribution in [0.15, 0.2) is 102 Å². The summed E-state index contributed by atoms with van der Waals surface area (Å²) in [5.74, 6) is 0. The van der Waals surface area contributed by atoms with Gasteiger partial charge in [-0.1, -0.05) is 60.7 Å². The van der Waals surface area contributed by atoms with Crippen molar-refractivity contribution < 1.29 is 4.42 Å². The molecule has 0 saturated heterocycles. The van der Waals surface area contributed by atoms with Crippen LogP contribution in [0.2, 0.25) is 0 Å². The summed E-state index contributed by atoms with van der Waals surface area (Å²) in [6.45, 7) is 2.17. The van der Waals surface area contributed by atoms with Gasteiger partial charge in [0, 0.05) is 22.5 Å². The number of benzene rings is 4. The second kappa shape index (κ2) is 6.57. The van der Waals surface area contributed by atoms with Gasteiger partial charge in [-0.05, 0) is 64.7 Å². The third-order valence-electron chi connectivity index (χ3n) is 5.88. The molecule has 2 heteroatoms. The average Bonchev–Trinajstić information content (AvgIpc) is 3.18. The maximum Gasteiger partial charge on any atom is 0.136 e. The Hall–Kier alpha value is -3.91. The van der Waals surface area contributed by atoms with Gasteiger partial charge in [-0.15, -0.1) is 0 Å². The molecular weight excluding hydrogens is 366 g/mol. The van der Waals surface area contributed by atoms with Crippen LogP contribution in [0.4, 0.5) is 0 Å². The Labute approximate surface area is 174 Å². The molecular formula is C28H19NO. The van der Waals surface area contributed by atoms with Crippen molar-refractivity contribution in [3.8, 4) is 22.4 Å². The number of para-hydroxylation sites is 1. The fourth-order valence-electron chi connectivity index (χ4n) is 4.47. The van der Waals surface area contributed by atoms with E-state index < -0.39 is 0 Å². The summed E-state index contributed by atoms with van der Waals surface area (Å²) in [5.41, 5.74) is 7.72. The second-order valence-corrected chi connectivity index (χ2v) is 7.68. The molecule has 2 nitrogen and oxygen atoms in total. The summed E-state index contributed by atoms with van der Waals surface area (Å²) in [7, 11) is 0. The third kappa shape index (κ3) is 2.54. The molecule has 0 aliphatic carbocycles. The minimum Gasteiger partial charge on any atom is -0.456 e. The lowest BCUT2D eigenvalue weighted by Gasteiger charge is -2.12. The molecule has 2 heterocycles. The van der Waals surface area contributed by atoms with Gasteiger partial charge in [-0.3, -0.25) is 4.98 Å². The predicted octanol–water partition coefficient (Wildman–Crippen LogP) is 7.78. The molecule has 4 aromatic carbocycles. The van der Waals surface area contributed by atoms with Crippen LogP contribution in [0.25, 0.3) is 55.1 Å². The molecule has 0 N–H and O–H groups in total. The Balaban J connectivity index is 1.59. The van der Waals surface area contributed by atoms with Crippen LogP contribution in [-0.2, 0) is 0 Å². The zero-order chi connectivity index (χ0) is 20.1. The smallest absolute Gasteiger partial charge is 0.136 e. The van der Waals surface area contributed by atoms with E-state index in [1.54, 1.807) is 0 Å². The van der Waals surface area contributed by atoms with Crippen LogP contribution < -0.4 is 0 Å². The van der Waals surface area contributed by atoms with E-state index in [-0.39, 0.29) is 0 Å². The van der Waals surface area contributed by atoms with E-state index in [1.807, 2.05) is 36.5 Å². The first-order valence-corrected chi connectivity index (χ1v) is 10.1. The fraction of sp³-hybridized carbons (Fsp3) is 0.0357. The number of aryl methyl sites for hydroxylation is 1. The molecule has 0 bridgehead atoms. The van der Waals surface area contributed by atoms with Crippen LogP contribution >= 0.6 is 0 Å². The van der Waals surface area contributed by atoms with Gasteiger partial charge >= 0.3 is 0 Å². The summed E-state index contributed by atoms with van der Waals surface area (Å²) in [5, 5.41) is 4.82. The number of hydrogen-bond acceptors (Lipinski definition) is 2. The summed E-state index contributed by atoms with van der Waals surface area (Å²) < 4.78 is 6.09. The maximum absolute atomic E-state index is 6.09. The molecule has 0 aliphatic rings.